The number of piperazine rings is 1. The number of carboxylic acids is 1. The number of pyridine rings is 1. The van der Waals surface area contributed by atoms with Crippen molar-refractivity contribution in [1.82, 2.24) is 14.4 Å². The van der Waals surface area contributed by atoms with Gasteiger partial charge in [-0.15, -0.1) is 0 Å². The molecule has 9 nitrogen and oxygen atoms in total. The fourth-order valence-corrected chi connectivity index (χ4v) is 5.11. The summed E-state index contributed by atoms with van der Waals surface area (Å²) in [4.78, 5) is 54.7. The molecule has 1 aliphatic carbocycles. The summed E-state index contributed by atoms with van der Waals surface area (Å²) in [6.07, 6.45) is 3.12. The Morgan fingerprint density at radius 2 is 1.61 bits per heavy atom. The van der Waals surface area contributed by atoms with E-state index in [1.165, 1.54) is 11.1 Å². The van der Waals surface area contributed by atoms with Crippen LogP contribution in [0.2, 0.25) is 0 Å². The van der Waals surface area contributed by atoms with E-state index in [0.717, 1.165) is 18.9 Å². The van der Waals surface area contributed by atoms with Crippen LogP contribution in [0, 0.1) is 5.82 Å². The summed E-state index contributed by atoms with van der Waals surface area (Å²) in [5, 5.41) is 9.49. The van der Waals surface area contributed by atoms with Gasteiger partial charge in [0.05, 0.1) is 29.0 Å². The third kappa shape index (κ3) is 3.56. The first-order chi connectivity index (χ1) is 17.3. The predicted molar refractivity (Wildman–Crippen MR) is 129 cm³/mol. The van der Waals surface area contributed by atoms with Crippen molar-refractivity contribution in [3.05, 3.63) is 75.3 Å². The van der Waals surface area contributed by atoms with Crippen LogP contribution in [-0.2, 0) is 0 Å². The van der Waals surface area contributed by atoms with Crippen LogP contribution in [0.3, 0.4) is 0 Å². The van der Waals surface area contributed by atoms with E-state index in [4.69, 9.17) is 0 Å². The molecule has 3 aromatic rings. The van der Waals surface area contributed by atoms with Gasteiger partial charge in [-0.25, -0.2) is 9.18 Å². The topological polar surface area (TPSA) is 103 Å². The highest BCUT2D eigenvalue weighted by Gasteiger charge is 2.36. The monoisotopic (exact) mass is 490 g/mol. The number of aromatic nitrogens is 1. The van der Waals surface area contributed by atoms with Gasteiger partial charge in [0.15, 0.2) is 0 Å². The number of benzene rings is 2. The van der Waals surface area contributed by atoms with Crippen molar-refractivity contribution in [3.8, 4) is 0 Å². The van der Waals surface area contributed by atoms with Gasteiger partial charge >= 0.3 is 5.97 Å². The Labute approximate surface area is 204 Å². The molecular formula is C26H23FN4O5. The van der Waals surface area contributed by atoms with Gasteiger partial charge in [0, 0.05) is 43.8 Å². The van der Waals surface area contributed by atoms with E-state index < -0.39 is 17.2 Å². The lowest BCUT2D eigenvalue weighted by Crippen LogP contribution is -2.51. The number of halogens is 1. The van der Waals surface area contributed by atoms with Crippen LogP contribution in [0.1, 0.15) is 50.0 Å². The number of amides is 2. The molecule has 0 radical (unpaired) electrons. The first kappa shape index (κ1) is 22.4. The van der Waals surface area contributed by atoms with E-state index >= 15 is 4.39 Å². The Kier molecular flexibility index (Phi) is 5.15. The molecule has 3 aliphatic rings. The molecule has 3 heterocycles. The highest BCUT2D eigenvalue weighted by Crippen LogP contribution is 2.38. The fourth-order valence-electron chi connectivity index (χ4n) is 5.11. The molecule has 1 saturated heterocycles. The van der Waals surface area contributed by atoms with E-state index in [-0.39, 0.29) is 35.5 Å². The fraction of sp³-hybridized carbons (Fsp3) is 0.308. The number of nitrogens with zero attached hydrogens (tertiary/aromatic N) is 4. The highest BCUT2D eigenvalue weighted by atomic mass is 19.1. The normalized spacial score (nSPS) is 18.2. The van der Waals surface area contributed by atoms with Crippen LogP contribution in [0.25, 0.3) is 10.9 Å². The summed E-state index contributed by atoms with van der Waals surface area (Å²) in [5.41, 5.74) is 0.644. The van der Waals surface area contributed by atoms with Crippen LogP contribution in [-0.4, -0.2) is 70.1 Å². The molecule has 2 fully saturated rings. The lowest BCUT2D eigenvalue weighted by Gasteiger charge is -2.37. The van der Waals surface area contributed by atoms with Gasteiger partial charge in [-0.05, 0) is 37.1 Å². The summed E-state index contributed by atoms with van der Waals surface area (Å²) < 4.78 is 17.0. The van der Waals surface area contributed by atoms with Crippen molar-refractivity contribution in [3.63, 3.8) is 0 Å². The van der Waals surface area contributed by atoms with E-state index in [1.54, 1.807) is 34.9 Å². The Morgan fingerprint density at radius 1 is 0.972 bits per heavy atom. The lowest BCUT2D eigenvalue weighted by molar-refractivity contribution is 0.0534. The van der Waals surface area contributed by atoms with Crippen LogP contribution >= 0.6 is 0 Å². The number of fused-ring (bicyclic) bond motifs is 2. The van der Waals surface area contributed by atoms with Crippen molar-refractivity contribution in [2.45, 2.75) is 18.9 Å². The first-order valence-corrected chi connectivity index (χ1v) is 11.9. The molecule has 1 N–H and O–H groups in total. The SMILES string of the molecule is O=C(O)c1cn(C2CC2)c2cc(N3CCN(CN4C(=O)c5ccccc5C4=O)CC3)c(F)cc2c1=O. The largest absolute Gasteiger partial charge is 0.477 e. The van der Waals surface area contributed by atoms with Gasteiger partial charge in [-0.1, -0.05) is 12.1 Å². The maximum atomic E-state index is 15.2. The van der Waals surface area contributed by atoms with Gasteiger partial charge in [0.25, 0.3) is 11.8 Å². The average molecular weight is 490 g/mol. The zero-order valence-electron chi connectivity index (χ0n) is 19.3. The van der Waals surface area contributed by atoms with Crippen molar-refractivity contribution in [1.29, 1.82) is 0 Å². The molecule has 1 aromatic heterocycles. The summed E-state index contributed by atoms with van der Waals surface area (Å²) in [5.74, 6) is -2.52. The molecule has 10 heteroatoms. The molecule has 2 aliphatic heterocycles. The van der Waals surface area contributed by atoms with Gasteiger partial charge in [0.2, 0.25) is 5.43 Å². The van der Waals surface area contributed by atoms with Crippen LogP contribution in [0.15, 0.2) is 47.4 Å². The Balaban J connectivity index is 1.23. The second kappa shape index (κ2) is 8.27. The quantitative estimate of drug-likeness (QED) is 0.549. The summed E-state index contributed by atoms with van der Waals surface area (Å²) in [6, 6.07) is 9.64. The van der Waals surface area contributed by atoms with E-state index in [2.05, 4.69) is 0 Å². The standard InChI is InChI=1S/C26H23FN4O5/c27-20-11-18-21(30(15-5-6-15)13-19(23(18)32)26(35)36)12-22(20)29-9-7-28(8-10-29)14-31-24(33)16-3-1-2-4-17(16)25(31)34/h1-4,11-13,15H,5-10,14H2,(H,35,36). The van der Waals surface area contributed by atoms with Crippen molar-refractivity contribution >= 4 is 34.4 Å². The van der Waals surface area contributed by atoms with Crippen molar-refractivity contribution < 1.29 is 23.9 Å². The molecule has 6 rings (SSSR count). The smallest absolute Gasteiger partial charge is 0.341 e. The number of carboxylic acid groups (broad SMARTS) is 1. The first-order valence-electron chi connectivity index (χ1n) is 11.9. The maximum absolute atomic E-state index is 15.2. The van der Waals surface area contributed by atoms with Crippen LogP contribution in [0.5, 0.6) is 0 Å². The van der Waals surface area contributed by atoms with Gasteiger partial charge in [-0.3, -0.25) is 24.2 Å². The minimum Gasteiger partial charge on any atom is -0.477 e. The number of aromatic carboxylic acids is 1. The lowest BCUT2D eigenvalue weighted by atomic mass is 10.1. The number of rotatable bonds is 5. The minimum absolute atomic E-state index is 0.0623. The van der Waals surface area contributed by atoms with Gasteiger partial charge in [0.1, 0.15) is 11.4 Å². The number of carbonyl (C=O) groups excluding carboxylic acids is 2. The number of anilines is 1. The molecule has 2 amide bonds. The Morgan fingerprint density at radius 3 is 2.19 bits per heavy atom. The molecular weight excluding hydrogens is 467 g/mol. The summed E-state index contributed by atoms with van der Waals surface area (Å²) in [6.45, 7) is 2.12. The molecule has 184 valence electrons. The Bertz CT molecular complexity index is 1470. The molecule has 0 atom stereocenters. The van der Waals surface area contributed by atoms with E-state index in [0.29, 0.717) is 48.5 Å². The summed E-state index contributed by atoms with van der Waals surface area (Å²) >= 11 is 0. The maximum Gasteiger partial charge on any atom is 0.341 e. The molecule has 36 heavy (non-hydrogen) atoms. The third-order valence-corrected chi connectivity index (χ3v) is 7.20. The number of hydrogen-bond acceptors (Lipinski definition) is 6. The van der Waals surface area contributed by atoms with Crippen LogP contribution < -0.4 is 10.3 Å². The molecule has 0 spiro atoms. The zero-order chi connectivity index (χ0) is 25.1. The van der Waals surface area contributed by atoms with Crippen molar-refractivity contribution in [2.75, 3.05) is 37.7 Å². The average Bonchev–Trinajstić information content (AvgIpc) is 3.69. The Hall–Kier alpha value is -4.05. The van der Waals surface area contributed by atoms with Gasteiger partial charge < -0.3 is 14.6 Å². The van der Waals surface area contributed by atoms with Crippen molar-refractivity contribution in [2.24, 2.45) is 0 Å². The molecule has 1 saturated carbocycles. The van der Waals surface area contributed by atoms with E-state index in [9.17, 15) is 24.3 Å². The second-order valence-electron chi connectivity index (χ2n) is 9.47. The second-order valence-corrected chi connectivity index (χ2v) is 9.47. The van der Waals surface area contributed by atoms with Gasteiger partial charge in [-0.2, -0.15) is 0 Å². The summed E-state index contributed by atoms with van der Waals surface area (Å²) in [7, 11) is 0. The number of imide groups is 1. The molecule has 0 unspecified atom stereocenters. The van der Waals surface area contributed by atoms with Crippen LogP contribution in [0.4, 0.5) is 10.1 Å². The number of hydrogen-bond donors (Lipinski definition) is 1. The molecule has 0 bridgehead atoms. The van der Waals surface area contributed by atoms with E-state index in [1.807, 2.05) is 9.80 Å². The molecule has 2 aromatic carbocycles. The predicted octanol–water partition coefficient (Wildman–Crippen LogP) is 2.55. The minimum atomic E-state index is -1.32. The number of carbonyl (C=O) groups is 3. The third-order valence-electron chi connectivity index (χ3n) is 7.20. The highest BCUT2D eigenvalue weighted by molar-refractivity contribution is 6.21. The zero-order valence-corrected chi connectivity index (χ0v) is 19.3.